The van der Waals surface area contributed by atoms with Crippen molar-refractivity contribution in [2.75, 3.05) is 4.90 Å². The minimum Gasteiger partial charge on any atom is -0.507 e. The molecule has 3 aromatic rings. The summed E-state index contributed by atoms with van der Waals surface area (Å²) in [6.45, 7) is 0. The molecule has 0 bridgehead atoms. The molecule has 0 saturated carbocycles. The van der Waals surface area contributed by atoms with Crippen LogP contribution in [0.15, 0.2) is 78.6 Å². The third kappa shape index (κ3) is 2.92. The van der Waals surface area contributed by atoms with E-state index in [1.807, 2.05) is 0 Å². The van der Waals surface area contributed by atoms with Crippen LogP contribution in [0.1, 0.15) is 17.2 Å². The summed E-state index contributed by atoms with van der Waals surface area (Å²) in [6.07, 6.45) is 2.86. The molecular formula is C21H14FN3O3. The van der Waals surface area contributed by atoms with Crippen molar-refractivity contribution >= 4 is 23.4 Å². The maximum Gasteiger partial charge on any atom is 0.302 e. The van der Waals surface area contributed by atoms with E-state index in [0.29, 0.717) is 11.1 Å². The zero-order valence-electron chi connectivity index (χ0n) is 14.5. The molecule has 4 rings (SSSR count). The summed E-state index contributed by atoms with van der Waals surface area (Å²) in [4.78, 5) is 34.8. The van der Waals surface area contributed by atoms with Crippen molar-refractivity contribution in [1.82, 2.24) is 9.97 Å². The van der Waals surface area contributed by atoms with E-state index >= 15 is 0 Å². The van der Waals surface area contributed by atoms with E-state index in [2.05, 4.69) is 9.97 Å². The fourth-order valence-corrected chi connectivity index (χ4v) is 3.20. The zero-order chi connectivity index (χ0) is 19.7. The van der Waals surface area contributed by atoms with Crippen LogP contribution in [0.5, 0.6) is 0 Å². The monoisotopic (exact) mass is 375 g/mol. The number of nitrogens with zero attached hydrogens (tertiary/aromatic N) is 3. The van der Waals surface area contributed by atoms with Crippen LogP contribution in [0.2, 0.25) is 0 Å². The molecule has 2 aromatic carbocycles. The molecule has 7 heteroatoms. The van der Waals surface area contributed by atoms with Crippen LogP contribution in [0.4, 0.5) is 10.3 Å². The number of aliphatic hydroxyl groups is 1. The van der Waals surface area contributed by atoms with Crippen molar-refractivity contribution in [2.45, 2.75) is 6.04 Å². The second kappa shape index (κ2) is 7.03. The zero-order valence-corrected chi connectivity index (χ0v) is 14.5. The Morgan fingerprint density at radius 3 is 2.36 bits per heavy atom. The first-order valence-electron chi connectivity index (χ1n) is 8.47. The molecule has 1 aromatic heterocycles. The molecule has 0 spiro atoms. The molecule has 1 saturated heterocycles. The van der Waals surface area contributed by atoms with Gasteiger partial charge in [-0.3, -0.25) is 14.5 Å². The van der Waals surface area contributed by atoms with Gasteiger partial charge in [0.1, 0.15) is 11.6 Å². The number of carbonyl (C=O) groups excluding carboxylic acids is 2. The molecule has 0 radical (unpaired) electrons. The van der Waals surface area contributed by atoms with Crippen LogP contribution in [-0.4, -0.2) is 26.8 Å². The molecule has 1 aliphatic rings. The molecule has 6 nitrogen and oxygen atoms in total. The van der Waals surface area contributed by atoms with Crippen molar-refractivity contribution < 1.29 is 19.1 Å². The Hall–Kier alpha value is -3.87. The Balaban J connectivity index is 1.96. The third-order valence-electron chi connectivity index (χ3n) is 4.42. The number of hydrogen-bond acceptors (Lipinski definition) is 5. The van der Waals surface area contributed by atoms with Gasteiger partial charge >= 0.3 is 5.91 Å². The van der Waals surface area contributed by atoms with Gasteiger partial charge in [-0.25, -0.2) is 14.4 Å². The van der Waals surface area contributed by atoms with Gasteiger partial charge in [-0.05, 0) is 23.8 Å². The Kier molecular flexibility index (Phi) is 4.41. The first-order valence-corrected chi connectivity index (χ1v) is 8.47. The van der Waals surface area contributed by atoms with Gasteiger partial charge in [0.2, 0.25) is 5.95 Å². The SMILES string of the molecule is O=C1C(=O)N(c2ncccn2)[C@H](c2cccc(F)c2)/C1=C(\O)c1ccccc1. The summed E-state index contributed by atoms with van der Waals surface area (Å²) in [5, 5.41) is 10.8. The number of halogens is 1. The summed E-state index contributed by atoms with van der Waals surface area (Å²) in [7, 11) is 0. The highest BCUT2D eigenvalue weighted by Crippen LogP contribution is 2.40. The molecule has 138 valence electrons. The molecular weight excluding hydrogens is 361 g/mol. The lowest BCUT2D eigenvalue weighted by Crippen LogP contribution is -2.31. The average molecular weight is 375 g/mol. The minimum absolute atomic E-state index is 0.00836. The lowest BCUT2D eigenvalue weighted by atomic mass is 9.95. The van der Waals surface area contributed by atoms with Gasteiger partial charge < -0.3 is 5.11 Å². The molecule has 28 heavy (non-hydrogen) atoms. The number of ketones is 1. The highest BCUT2D eigenvalue weighted by molar-refractivity contribution is 6.51. The van der Waals surface area contributed by atoms with Gasteiger partial charge in [0.25, 0.3) is 5.78 Å². The van der Waals surface area contributed by atoms with Crippen molar-refractivity contribution in [1.29, 1.82) is 0 Å². The van der Waals surface area contributed by atoms with Crippen molar-refractivity contribution in [2.24, 2.45) is 0 Å². The van der Waals surface area contributed by atoms with Gasteiger partial charge in [-0.15, -0.1) is 0 Å². The lowest BCUT2D eigenvalue weighted by molar-refractivity contribution is -0.132. The first-order chi connectivity index (χ1) is 13.6. The van der Waals surface area contributed by atoms with E-state index in [9.17, 15) is 19.1 Å². The molecule has 0 aliphatic carbocycles. The van der Waals surface area contributed by atoms with Crippen molar-refractivity contribution in [3.63, 3.8) is 0 Å². The predicted octanol–water partition coefficient (Wildman–Crippen LogP) is 3.24. The smallest absolute Gasteiger partial charge is 0.302 e. The standard InChI is InChI=1S/C21H14FN3O3/c22-15-9-4-8-14(12-15)17-16(18(26)13-6-2-1-3-7-13)19(27)20(28)25(17)21-23-10-5-11-24-21/h1-12,17,26H/b18-16+/t17-/m1/s1. The van der Waals surface area contributed by atoms with Gasteiger partial charge in [-0.1, -0.05) is 42.5 Å². The molecule has 1 amide bonds. The van der Waals surface area contributed by atoms with Gasteiger partial charge in [0.15, 0.2) is 0 Å². The number of rotatable bonds is 3. The molecule has 0 unspecified atom stereocenters. The van der Waals surface area contributed by atoms with Crippen LogP contribution in [0.25, 0.3) is 5.76 Å². The van der Waals surface area contributed by atoms with E-state index in [4.69, 9.17) is 0 Å². The fourth-order valence-electron chi connectivity index (χ4n) is 3.20. The number of aliphatic hydroxyl groups excluding tert-OH is 1. The summed E-state index contributed by atoms with van der Waals surface area (Å²) in [6, 6.07) is 14.4. The number of aromatic nitrogens is 2. The number of amides is 1. The average Bonchev–Trinajstić information content (AvgIpc) is 3.00. The minimum atomic E-state index is -1.06. The Bertz CT molecular complexity index is 1080. The quantitative estimate of drug-likeness (QED) is 0.432. The third-order valence-corrected chi connectivity index (χ3v) is 4.42. The molecule has 1 fully saturated rings. The molecule has 1 aliphatic heterocycles. The van der Waals surface area contributed by atoms with E-state index in [1.165, 1.54) is 30.6 Å². The summed E-state index contributed by atoms with van der Waals surface area (Å²) < 4.78 is 13.9. The van der Waals surface area contributed by atoms with Gasteiger partial charge in [0.05, 0.1) is 11.6 Å². The lowest BCUT2D eigenvalue weighted by Gasteiger charge is -2.23. The fraction of sp³-hybridized carbons (Fsp3) is 0.0476. The van der Waals surface area contributed by atoms with Crippen LogP contribution < -0.4 is 4.90 Å². The number of carbonyl (C=O) groups is 2. The van der Waals surface area contributed by atoms with Crippen LogP contribution in [0.3, 0.4) is 0 Å². The predicted molar refractivity (Wildman–Crippen MR) is 99.7 cm³/mol. The van der Waals surface area contributed by atoms with Crippen molar-refractivity contribution in [3.05, 3.63) is 95.6 Å². The first kappa shape index (κ1) is 17.5. The summed E-state index contributed by atoms with van der Waals surface area (Å²) in [5.41, 5.74) is 0.550. The summed E-state index contributed by atoms with van der Waals surface area (Å²) in [5.74, 6) is -2.66. The van der Waals surface area contributed by atoms with E-state index in [0.717, 1.165) is 4.90 Å². The molecule has 1 N–H and O–H groups in total. The Morgan fingerprint density at radius 1 is 0.964 bits per heavy atom. The number of hydrogen-bond donors (Lipinski definition) is 1. The highest BCUT2D eigenvalue weighted by atomic mass is 19.1. The second-order valence-corrected chi connectivity index (χ2v) is 6.14. The number of Topliss-reactive ketones (excluding diaryl/α,β-unsaturated/α-hetero) is 1. The van der Waals surface area contributed by atoms with E-state index in [-0.39, 0.29) is 17.3 Å². The van der Waals surface area contributed by atoms with Gasteiger partial charge in [-0.2, -0.15) is 0 Å². The van der Waals surface area contributed by atoms with Crippen molar-refractivity contribution in [3.8, 4) is 0 Å². The topological polar surface area (TPSA) is 83.4 Å². The maximum absolute atomic E-state index is 13.9. The van der Waals surface area contributed by atoms with Crippen LogP contribution >= 0.6 is 0 Å². The number of benzene rings is 2. The van der Waals surface area contributed by atoms with Crippen LogP contribution in [0, 0.1) is 5.82 Å². The van der Waals surface area contributed by atoms with E-state index in [1.54, 1.807) is 42.5 Å². The van der Waals surface area contributed by atoms with E-state index < -0.39 is 23.5 Å². The Morgan fingerprint density at radius 2 is 1.68 bits per heavy atom. The largest absolute Gasteiger partial charge is 0.507 e. The molecule has 2 heterocycles. The van der Waals surface area contributed by atoms with Gasteiger partial charge in [0, 0.05) is 18.0 Å². The van der Waals surface area contributed by atoms with Crippen LogP contribution in [-0.2, 0) is 9.59 Å². The maximum atomic E-state index is 13.9. The molecule has 1 atom stereocenters. The second-order valence-electron chi connectivity index (χ2n) is 6.14. The Labute approximate surface area is 159 Å². The highest BCUT2D eigenvalue weighted by Gasteiger charge is 2.48. The summed E-state index contributed by atoms with van der Waals surface area (Å²) >= 11 is 0. The normalized spacial score (nSPS) is 18.5. The number of anilines is 1.